The first-order valence-electron chi connectivity index (χ1n) is 8.20. The van der Waals surface area contributed by atoms with E-state index in [2.05, 4.69) is 24.4 Å². The fraction of sp³-hybridized carbons (Fsp3) is 0.350. The summed E-state index contributed by atoms with van der Waals surface area (Å²) >= 11 is 0. The summed E-state index contributed by atoms with van der Waals surface area (Å²) in [5, 5.41) is 3.21. The van der Waals surface area contributed by atoms with Crippen LogP contribution in [-0.4, -0.2) is 11.9 Å². The highest BCUT2D eigenvalue weighted by atomic mass is 16.1. The van der Waals surface area contributed by atoms with Crippen molar-refractivity contribution in [2.45, 2.75) is 38.6 Å². The maximum atomic E-state index is 12.4. The average molecular weight is 293 g/mol. The molecule has 0 saturated heterocycles. The van der Waals surface area contributed by atoms with Gasteiger partial charge in [-0.1, -0.05) is 62.2 Å². The van der Waals surface area contributed by atoms with E-state index >= 15 is 0 Å². The Balaban J connectivity index is 1.68. The molecule has 1 saturated carbocycles. The molecule has 1 amide bonds. The van der Waals surface area contributed by atoms with Crippen molar-refractivity contribution in [3.63, 3.8) is 0 Å². The second-order valence-corrected chi connectivity index (χ2v) is 6.29. The number of benzene rings is 2. The van der Waals surface area contributed by atoms with Crippen molar-refractivity contribution in [3.05, 3.63) is 60.2 Å². The Bertz CT molecular complexity index is 618. The van der Waals surface area contributed by atoms with Gasteiger partial charge in [0.15, 0.2) is 0 Å². The van der Waals surface area contributed by atoms with E-state index in [4.69, 9.17) is 0 Å². The SMILES string of the molecule is C[C@@H]1CCCC[C@H]1NC(=O)c1ccc(-c2ccccc2)cc1. The highest BCUT2D eigenvalue weighted by Crippen LogP contribution is 2.24. The highest BCUT2D eigenvalue weighted by Gasteiger charge is 2.23. The number of carbonyl (C=O) groups is 1. The van der Waals surface area contributed by atoms with Crippen LogP contribution in [0.4, 0.5) is 0 Å². The topological polar surface area (TPSA) is 29.1 Å². The van der Waals surface area contributed by atoms with Gasteiger partial charge in [0.1, 0.15) is 0 Å². The van der Waals surface area contributed by atoms with E-state index in [0.717, 1.165) is 17.5 Å². The minimum absolute atomic E-state index is 0.0540. The first-order chi connectivity index (χ1) is 10.7. The molecule has 2 nitrogen and oxygen atoms in total. The Morgan fingerprint density at radius 3 is 2.23 bits per heavy atom. The Morgan fingerprint density at radius 2 is 1.55 bits per heavy atom. The van der Waals surface area contributed by atoms with Crippen LogP contribution in [0.2, 0.25) is 0 Å². The fourth-order valence-corrected chi connectivity index (χ4v) is 3.23. The van der Waals surface area contributed by atoms with Gasteiger partial charge in [-0.3, -0.25) is 4.79 Å². The summed E-state index contributed by atoms with van der Waals surface area (Å²) in [4.78, 5) is 12.4. The third-order valence-electron chi connectivity index (χ3n) is 4.68. The van der Waals surface area contributed by atoms with E-state index in [-0.39, 0.29) is 5.91 Å². The molecule has 1 N–H and O–H groups in total. The normalized spacial score (nSPS) is 21.3. The van der Waals surface area contributed by atoms with Crippen molar-refractivity contribution < 1.29 is 4.79 Å². The number of carbonyl (C=O) groups excluding carboxylic acids is 1. The molecular formula is C20H23NO. The fourth-order valence-electron chi connectivity index (χ4n) is 3.23. The Kier molecular flexibility index (Phi) is 4.57. The van der Waals surface area contributed by atoms with Gasteiger partial charge in [0.25, 0.3) is 5.91 Å². The summed E-state index contributed by atoms with van der Waals surface area (Å²) in [5.41, 5.74) is 3.07. The second kappa shape index (κ2) is 6.78. The lowest BCUT2D eigenvalue weighted by atomic mass is 9.86. The number of nitrogens with one attached hydrogen (secondary N) is 1. The zero-order valence-electron chi connectivity index (χ0n) is 13.1. The van der Waals surface area contributed by atoms with Gasteiger partial charge in [-0.25, -0.2) is 0 Å². The molecule has 0 radical (unpaired) electrons. The van der Waals surface area contributed by atoms with Gasteiger partial charge in [-0.05, 0) is 42.0 Å². The summed E-state index contributed by atoms with van der Waals surface area (Å²) in [6.07, 6.45) is 4.84. The van der Waals surface area contributed by atoms with Crippen LogP contribution in [0.25, 0.3) is 11.1 Å². The van der Waals surface area contributed by atoms with Crippen molar-refractivity contribution in [2.24, 2.45) is 5.92 Å². The average Bonchev–Trinajstić information content (AvgIpc) is 2.58. The molecule has 0 heterocycles. The standard InChI is InChI=1S/C20H23NO/c1-15-7-5-6-10-19(15)21-20(22)18-13-11-17(12-14-18)16-8-3-2-4-9-16/h2-4,8-9,11-15,19H,5-7,10H2,1H3,(H,21,22)/t15-,19-/m1/s1. The van der Waals surface area contributed by atoms with Crippen LogP contribution in [0.15, 0.2) is 54.6 Å². The largest absolute Gasteiger partial charge is 0.349 e. The molecule has 0 bridgehead atoms. The number of hydrogen-bond acceptors (Lipinski definition) is 1. The zero-order chi connectivity index (χ0) is 15.4. The molecule has 0 spiro atoms. The van der Waals surface area contributed by atoms with E-state index in [1.165, 1.54) is 24.8 Å². The maximum Gasteiger partial charge on any atom is 0.251 e. The minimum Gasteiger partial charge on any atom is -0.349 e. The van der Waals surface area contributed by atoms with Gasteiger partial charge < -0.3 is 5.32 Å². The molecule has 114 valence electrons. The molecule has 3 rings (SSSR count). The molecule has 22 heavy (non-hydrogen) atoms. The molecule has 2 aromatic carbocycles. The summed E-state index contributed by atoms with van der Waals surface area (Å²) in [6, 6.07) is 18.4. The molecule has 1 aliphatic carbocycles. The lowest BCUT2D eigenvalue weighted by Gasteiger charge is -2.29. The van der Waals surface area contributed by atoms with E-state index in [9.17, 15) is 4.79 Å². The first kappa shape index (κ1) is 14.8. The monoisotopic (exact) mass is 293 g/mol. The Morgan fingerprint density at radius 1 is 0.909 bits per heavy atom. The summed E-state index contributed by atoms with van der Waals surface area (Å²) in [6.45, 7) is 2.24. The predicted octanol–water partition coefficient (Wildman–Crippen LogP) is 4.66. The molecule has 1 fully saturated rings. The highest BCUT2D eigenvalue weighted by molar-refractivity contribution is 5.94. The van der Waals surface area contributed by atoms with Crippen LogP contribution < -0.4 is 5.32 Å². The van der Waals surface area contributed by atoms with Crippen LogP contribution in [0.5, 0.6) is 0 Å². The molecule has 0 unspecified atom stereocenters. The van der Waals surface area contributed by atoms with Crippen LogP contribution in [0.3, 0.4) is 0 Å². The van der Waals surface area contributed by atoms with Gasteiger partial charge in [-0.2, -0.15) is 0 Å². The number of amides is 1. The van der Waals surface area contributed by atoms with Crippen molar-refractivity contribution in [1.29, 1.82) is 0 Å². The van der Waals surface area contributed by atoms with E-state index in [1.54, 1.807) is 0 Å². The molecule has 2 heteroatoms. The van der Waals surface area contributed by atoms with Crippen LogP contribution >= 0.6 is 0 Å². The van der Waals surface area contributed by atoms with Crippen LogP contribution in [0, 0.1) is 5.92 Å². The molecule has 0 aliphatic heterocycles. The van der Waals surface area contributed by atoms with E-state index < -0.39 is 0 Å². The van der Waals surface area contributed by atoms with Gasteiger partial charge >= 0.3 is 0 Å². The van der Waals surface area contributed by atoms with Gasteiger partial charge in [-0.15, -0.1) is 0 Å². The smallest absolute Gasteiger partial charge is 0.251 e. The minimum atomic E-state index is 0.0540. The molecule has 0 aromatic heterocycles. The lowest BCUT2D eigenvalue weighted by Crippen LogP contribution is -2.41. The maximum absolute atomic E-state index is 12.4. The first-order valence-corrected chi connectivity index (χ1v) is 8.20. The third-order valence-corrected chi connectivity index (χ3v) is 4.68. The molecular weight excluding hydrogens is 270 g/mol. The Hall–Kier alpha value is -2.09. The molecule has 1 aliphatic rings. The quantitative estimate of drug-likeness (QED) is 0.876. The van der Waals surface area contributed by atoms with Crippen molar-refractivity contribution in [1.82, 2.24) is 5.32 Å². The molecule has 2 atom stereocenters. The van der Waals surface area contributed by atoms with E-state index in [1.807, 2.05) is 42.5 Å². The predicted molar refractivity (Wildman–Crippen MR) is 90.8 cm³/mol. The Labute approximate surface area is 132 Å². The lowest BCUT2D eigenvalue weighted by molar-refractivity contribution is 0.0910. The zero-order valence-corrected chi connectivity index (χ0v) is 13.1. The van der Waals surface area contributed by atoms with E-state index in [0.29, 0.717) is 12.0 Å². The molecule has 2 aromatic rings. The van der Waals surface area contributed by atoms with Gasteiger partial charge in [0, 0.05) is 11.6 Å². The number of hydrogen-bond donors (Lipinski definition) is 1. The van der Waals surface area contributed by atoms with Crippen LogP contribution in [-0.2, 0) is 0 Å². The third kappa shape index (κ3) is 3.38. The second-order valence-electron chi connectivity index (χ2n) is 6.29. The summed E-state index contributed by atoms with van der Waals surface area (Å²) in [7, 11) is 0. The number of rotatable bonds is 3. The summed E-state index contributed by atoms with van der Waals surface area (Å²) < 4.78 is 0. The van der Waals surface area contributed by atoms with Crippen LogP contribution in [0.1, 0.15) is 43.0 Å². The van der Waals surface area contributed by atoms with Gasteiger partial charge in [0.2, 0.25) is 0 Å². The van der Waals surface area contributed by atoms with Crippen molar-refractivity contribution >= 4 is 5.91 Å². The van der Waals surface area contributed by atoms with Crippen molar-refractivity contribution in [2.75, 3.05) is 0 Å². The van der Waals surface area contributed by atoms with Crippen molar-refractivity contribution in [3.8, 4) is 11.1 Å². The summed E-state index contributed by atoms with van der Waals surface area (Å²) in [5.74, 6) is 0.639. The van der Waals surface area contributed by atoms with Gasteiger partial charge in [0.05, 0.1) is 0 Å².